The van der Waals surface area contributed by atoms with E-state index in [4.69, 9.17) is 20.3 Å². The highest BCUT2D eigenvalue weighted by Gasteiger charge is 2.21. The molecule has 0 spiro atoms. The summed E-state index contributed by atoms with van der Waals surface area (Å²) >= 11 is 0. The van der Waals surface area contributed by atoms with Gasteiger partial charge in [0.25, 0.3) is 0 Å². The number of benzene rings is 1. The molecular formula is C15H23NO4. The van der Waals surface area contributed by atoms with Crippen molar-refractivity contribution in [3.63, 3.8) is 0 Å². The van der Waals surface area contributed by atoms with Gasteiger partial charge in [-0.15, -0.1) is 0 Å². The van der Waals surface area contributed by atoms with E-state index >= 15 is 0 Å². The summed E-state index contributed by atoms with van der Waals surface area (Å²) in [4.78, 5) is 11.1. The SMILES string of the molecule is CCC(N)Cc1cccc(OC)c1OC(CC)C(=O)O. The van der Waals surface area contributed by atoms with Crippen LogP contribution >= 0.6 is 0 Å². The Balaban J connectivity index is 3.09. The van der Waals surface area contributed by atoms with Gasteiger partial charge in [-0.3, -0.25) is 0 Å². The number of nitrogens with two attached hydrogens (primary N) is 1. The molecule has 0 aliphatic carbocycles. The minimum Gasteiger partial charge on any atom is -0.493 e. The van der Waals surface area contributed by atoms with Crippen LogP contribution in [0.2, 0.25) is 0 Å². The van der Waals surface area contributed by atoms with Gasteiger partial charge in [-0.2, -0.15) is 0 Å². The van der Waals surface area contributed by atoms with E-state index in [0.717, 1.165) is 12.0 Å². The van der Waals surface area contributed by atoms with E-state index in [2.05, 4.69) is 0 Å². The Morgan fingerprint density at radius 3 is 2.55 bits per heavy atom. The van der Waals surface area contributed by atoms with E-state index in [9.17, 15) is 4.79 Å². The molecule has 1 rings (SSSR count). The summed E-state index contributed by atoms with van der Waals surface area (Å²) in [6.07, 6.45) is 0.960. The lowest BCUT2D eigenvalue weighted by molar-refractivity contribution is -0.145. The zero-order chi connectivity index (χ0) is 15.1. The van der Waals surface area contributed by atoms with E-state index in [-0.39, 0.29) is 6.04 Å². The molecule has 20 heavy (non-hydrogen) atoms. The lowest BCUT2D eigenvalue weighted by Gasteiger charge is -2.20. The Morgan fingerprint density at radius 1 is 1.35 bits per heavy atom. The number of carboxylic acid groups (broad SMARTS) is 1. The number of hydrogen-bond donors (Lipinski definition) is 2. The first-order chi connectivity index (χ1) is 9.53. The van der Waals surface area contributed by atoms with Crippen molar-refractivity contribution in [1.82, 2.24) is 0 Å². The second kappa shape index (κ2) is 7.75. The molecule has 0 radical (unpaired) electrons. The molecule has 2 atom stereocenters. The van der Waals surface area contributed by atoms with Crippen LogP contribution in [0.5, 0.6) is 11.5 Å². The minimum absolute atomic E-state index is 0.00867. The lowest BCUT2D eigenvalue weighted by Crippen LogP contribution is -2.27. The molecular weight excluding hydrogens is 258 g/mol. The number of para-hydroxylation sites is 1. The quantitative estimate of drug-likeness (QED) is 0.763. The molecule has 0 aromatic heterocycles. The van der Waals surface area contributed by atoms with Crippen molar-refractivity contribution in [2.75, 3.05) is 7.11 Å². The van der Waals surface area contributed by atoms with Crippen LogP contribution in [-0.2, 0) is 11.2 Å². The van der Waals surface area contributed by atoms with Crippen molar-refractivity contribution in [1.29, 1.82) is 0 Å². The van der Waals surface area contributed by atoms with Gasteiger partial charge in [0.1, 0.15) is 0 Å². The molecule has 0 aliphatic heterocycles. The molecule has 1 aromatic rings. The molecule has 5 nitrogen and oxygen atoms in total. The Morgan fingerprint density at radius 2 is 2.05 bits per heavy atom. The Labute approximate surface area is 119 Å². The number of rotatable bonds is 8. The normalized spacial score (nSPS) is 13.6. The smallest absolute Gasteiger partial charge is 0.344 e. The van der Waals surface area contributed by atoms with Crippen LogP contribution < -0.4 is 15.2 Å². The van der Waals surface area contributed by atoms with Gasteiger partial charge in [0.2, 0.25) is 0 Å². The van der Waals surface area contributed by atoms with Crippen LogP contribution in [0.3, 0.4) is 0 Å². The van der Waals surface area contributed by atoms with Gasteiger partial charge >= 0.3 is 5.97 Å². The molecule has 112 valence electrons. The van der Waals surface area contributed by atoms with Gasteiger partial charge < -0.3 is 20.3 Å². The number of carbonyl (C=O) groups is 1. The predicted octanol–water partition coefficient (Wildman–Crippen LogP) is 2.22. The second-order valence-electron chi connectivity index (χ2n) is 4.67. The van der Waals surface area contributed by atoms with Gasteiger partial charge in [-0.05, 0) is 30.9 Å². The highest BCUT2D eigenvalue weighted by molar-refractivity contribution is 5.73. The van der Waals surface area contributed by atoms with Crippen molar-refractivity contribution in [3.8, 4) is 11.5 Å². The van der Waals surface area contributed by atoms with E-state index in [0.29, 0.717) is 24.3 Å². The Bertz CT molecular complexity index is 447. The third-order valence-electron chi connectivity index (χ3n) is 3.19. The largest absolute Gasteiger partial charge is 0.493 e. The van der Waals surface area contributed by atoms with E-state index in [1.165, 1.54) is 7.11 Å². The van der Waals surface area contributed by atoms with Gasteiger partial charge in [0.15, 0.2) is 17.6 Å². The van der Waals surface area contributed by atoms with Crippen LogP contribution in [0.4, 0.5) is 0 Å². The minimum atomic E-state index is -0.982. The highest BCUT2D eigenvalue weighted by atomic mass is 16.5. The maximum atomic E-state index is 11.1. The number of methoxy groups -OCH3 is 1. The van der Waals surface area contributed by atoms with Crippen LogP contribution in [0, 0.1) is 0 Å². The molecule has 2 unspecified atom stereocenters. The van der Waals surface area contributed by atoms with Crippen molar-refractivity contribution in [2.45, 2.75) is 45.3 Å². The average molecular weight is 281 g/mol. The lowest BCUT2D eigenvalue weighted by atomic mass is 10.0. The average Bonchev–Trinajstić information content (AvgIpc) is 2.44. The number of carboxylic acids is 1. The summed E-state index contributed by atoms with van der Waals surface area (Å²) in [6, 6.07) is 5.51. The highest BCUT2D eigenvalue weighted by Crippen LogP contribution is 2.33. The fraction of sp³-hybridized carbons (Fsp3) is 0.533. The summed E-state index contributed by atoms with van der Waals surface area (Å²) in [7, 11) is 1.54. The summed E-state index contributed by atoms with van der Waals surface area (Å²) in [5.74, 6) is 0.0304. The van der Waals surface area contributed by atoms with Crippen molar-refractivity contribution >= 4 is 5.97 Å². The van der Waals surface area contributed by atoms with Crippen molar-refractivity contribution in [2.24, 2.45) is 5.73 Å². The van der Waals surface area contributed by atoms with E-state index in [1.54, 1.807) is 13.0 Å². The third kappa shape index (κ3) is 4.13. The standard InChI is InChI=1S/C15H23NO4/c1-4-11(16)9-10-7-6-8-13(19-3)14(10)20-12(5-2)15(17)18/h6-8,11-12H,4-5,9,16H2,1-3H3,(H,17,18). The maximum absolute atomic E-state index is 11.1. The zero-order valence-corrected chi connectivity index (χ0v) is 12.3. The van der Waals surface area contributed by atoms with Crippen molar-refractivity contribution < 1.29 is 19.4 Å². The van der Waals surface area contributed by atoms with Crippen LogP contribution in [-0.4, -0.2) is 30.3 Å². The molecule has 0 saturated heterocycles. The zero-order valence-electron chi connectivity index (χ0n) is 12.3. The first kappa shape index (κ1) is 16.3. The van der Waals surface area contributed by atoms with Gasteiger partial charge in [-0.25, -0.2) is 4.79 Å². The summed E-state index contributed by atoms with van der Waals surface area (Å²) in [6.45, 7) is 3.78. The molecule has 1 aromatic carbocycles. The fourth-order valence-corrected chi connectivity index (χ4v) is 1.89. The molecule has 0 fully saturated rings. The molecule has 0 saturated carbocycles. The predicted molar refractivity (Wildman–Crippen MR) is 77.3 cm³/mol. The maximum Gasteiger partial charge on any atom is 0.344 e. The summed E-state index contributed by atoms with van der Waals surface area (Å²) in [5.41, 5.74) is 6.85. The molecule has 3 N–H and O–H groups in total. The monoisotopic (exact) mass is 281 g/mol. The van der Waals surface area contributed by atoms with Crippen LogP contribution in [0.15, 0.2) is 18.2 Å². The van der Waals surface area contributed by atoms with E-state index in [1.807, 2.05) is 19.1 Å². The molecule has 0 bridgehead atoms. The van der Waals surface area contributed by atoms with Gasteiger partial charge in [0, 0.05) is 6.04 Å². The van der Waals surface area contributed by atoms with Crippen LogP contribution in [0.25, 0.3) is 0 Å². The Kier molecular flexibility index (Phi) is 6.31. The fourth-order valence-electron chi connectivity index (χ4n) is 1.89. The molecule has 0 heterocycles. The Hall–Kier alpha value is -1.75. The third-order valence-corrected chi connectivity index (χ3v) is 3.19. The van der Waals surface area contributed by atoms with Crippen molar-refractivity contribution in [3.05, 3.63) is 23.8 Å². The topological polar surface area (TPSA) is 81.8 Å². The molecule has 0 amide bonds. The first-order valence-electron chi connectivity index (χ1n) is 6.84. The van der Waals surface area contributed by atoms with Gasteiger partial charge in [-0.1, -0.05) is 26.0 Å². The number of aliphatic carboxylic acids is 1. The van der Waals surface area contributed by atoms with Crippen LogP contribution in [0.1, 0.15) is 32.3 Å². The van der Waals surface area contributed by atoms with E-state index < -0.39 is 12.1 Å². The number of ether oxygens (including phenoxy) is 2. The molecule has 0 aliphatic rings. The number of hydrogen-bond acceptors (Lipinski definition) is 4. The van der Waals surface area contributed by atoms with Gasteiger partial charge in [0.05, 0.1) is 7.11 Å². The summed E-state index contributed by atoms with van der Waals surface area (Å²) in [5, 5.41) is 9.13. The first-order valence-corrected chi connectivity index (χ1v) is 6.84. The summed E-state index contributed by atoms with van der Waals surface area (Å²) < 4.78 is 10.9. The second-order valence-corrected chi connectivity index (χ2v) is 4.67. The molecule has 5 heteroatoms.